The van der Waals surface area contributed by atoms with Crippen LogP contribution in [0.25, 0.3) is 11.1 Å². The van der Waals surface area contributed by atoms with Crippen LogP contribution < -0.4 is 4.74 Å². The summed E-state index contributed by atoms with van der Waals surface area (Å²) in [5.74, 6) is 1.85. The van der Waals surface area contributed by atoms with Gasteiger partial charge in [0.05, 0.1) is 7.11 Å². The van der Waals surface area contributed by atoms with Crippen molar-refractivity contribution in [3.8, 4) is 16.9 Å². The maximum atomic E-state index is 13.2. The van der Waals surface area contributed by atoms with Gasteiger partial charge in [-0.15, -0.1) is 24.8 Å². The second kappa shape index (κ2) is 17.0. The number of hydrogen-bond donors (Lipinski definition) is 0. The molecule has 4 aromatic carbocycles. The third-order valence-electron chi connectivity index (χ3n) is 9.44. The lowest BCUT2D eigenvalue weighted by atomic mass is 9.89. The van der Waals surface area contributed by atoms with Gasteiger partial charge in [0.25, 0.3) is 0 Å². The molecule has 4 aromatic rings. The van der Waals surface area contributed by atoms with Gasteiger partial charge in [-0.05, 0) is 103 Å². The third kappa shape index (κ3) is 9.43. The van der Waals surface area contributed by atoms with Crippen molar-refractivity contribution < 1.29 is 9.53 Å². The average Bonchev–Trinajstić information content (AvgIpc) is 3.27. The Morgan fingerprint density at radius 3 is 1.91 bits per heavy atom. The monoisotopic (exact) mass is 644 g/mol. The molecule has 0 N–H and O–H groups in total. The molecule has 2 aliphatic heterocycles. The summed E-state index contributed by atoms with van der Waals surface area (Å²) >= 11 is 0. The summed E-state index contributed by atoms with van der Waals surface area (Å²) < 4.78 is 5.30. The average molecular weight is 646 g/mol. The Labute approximate surface area is 281 Å². The predicted molar refractivity (Wildman–Crippen MR) is 190 cm³/mol. The number of nitrogens with zero attached hydrogens (tertiary/aromatic N) is 2. The molecule has 2 aliphatic rings. The minimum absolute atomic E-state index is 0. The second-order valence-corrected chi connectivity index (χ2v) is 12.4. The van der Waals surface area contributed by atoms with Gasteiger partial charge >= 0.3 is 0 Å². The van der Waals surface area contributed by atoms with Gasteiger partial charge in [0.15, 0.2) is 5.78 Å². The number of Topliss-reactive ketones (excluding diaryl/α,β-unsaturated/α-hetero) is 1. The van der Waals surface area contributed by atoms with E-state index in [1.54, 1.807) is 7.11 Å². The quantitative estimate of drug-likeness (QED) is 0.162. The maximum Gasteiger partial charge on any atom is 0.162 e. The topological polar surface area (TPSA) is 32.8 Å². The summed E-state index contributed by atoms with van der Waals surface area (Å²) in [6.45, 7) is 6.25. The van der Waals surface area contributed by atoms with E-state index in [1.807, 2.05) is 12.1 Å². The van der Waals surface area contributed by atoms with Crippen LogP contribution in [0.3, 0.4) is 0 Å². The summed E-state index contributed by atoms with van der Waals surface area (Å²) in [6, 6.07) is 34.5. The van der Waals surface area contributed by atoms with Gasteiger partial charge in [-0.25, -0.2) is 0 Å². The largest absolute Gasteiger partial charge is 0.497 e. The number of hydrogen-bond acceptors (Lipinski definition) is 4. The molecular weight excluding hydrogens is 599 g/mol. The van der Waals surface area contributed by atoms with Gasteiger partial charge in [-0.3, -0.25) is 14.6 Å². The molecule has 6 heteroatoms. The molecule has 0 bridgehead atoms. The first-order valence-corrected chi connectivity index (χ1v) is 16.0. The Morgan fingerprint density at radius 2 is 1.27 bits per heavy atom. The number of carbonyl (C=O) groups is 1. The highest BCUT2D eigenvalue weighted by molar-refractivity contribution is 5.96. The molecule has 0 radical (unpaired) electrons. The zero-order valence-corrected chi connectivity index (χ0v) is 28.0. The van der Waals surface area contributed by atoms with E-state index < -0.39 is 0 Å². The predicted octanol–water partition coefficient (Wildman–Crippen LogP) is 8.68. The Balaban J connectivity index is 0.00000230. The standard InChI is InChI=1S/C39H44N2O2.2ClH/c1-43-38-16-9-32(10-17-38)29-41-25-21-35-14-15-37(27-36(35)22-26-41)39(42)18-11-30-19-23-40(24-20-30)28-31-7-12-34(13-8-31)33-5-3-2-4-6-33;;/h2-10,12-17,27,30H,11,18-26,28-29H2,1H3;2*1H. The summed E-state index contributed by atoms with van der Waals surface area (Å²) in [5.41, 5.74) is 8.88. The molecule has 2 heterocycles. The van der Waals surface area contributed by atoms with Crippen molar-refractivity contribution in [1.29, 1.82) is 0 Å². The van der Waals surface area contributed by atoms with E-state index >= 15 is 0 Å². The Morgan fingerprint density at radius 1 is 0.689 bits per heavy atom. The highest BCUT2D eigenvalue weighted by Crippen LogP contribution is 2.26. The minimum Gasteiger partial charge on any atom is -0.497 e. The van der Waals surface area contributed by atoms with E-state index in [2.05, 4.69) is 94.7 Å². The highest BCUT2D eigenvalue weighted by Gasteiger charge is 2.21. The van der Waals surface area contributed by atoms with Crippen molar-refractivity contribution in [2.24, 2.45) is 5.92 Å². The van der Waals surface area contributed by atoms with Crippen molar-refractivity contribution in [3.05, 3.63) is 125 Å². The van der Waals surface area contributed by atoms with Crippen LogP contribution in [0, 0.1) is 5.92 Å². The van der Waals surface area contributed by atoms with Gasteiger partial charge < -0.3 is 4.74 Å². The van der Waals surface area contributed by atoms with Crippen LogP contribution in [-0.4, -0.2) is 48.9 Å². The minimum atomic E-state index is 0. The molecule has 1 fully saturated rings. The molecule has 45 heavy (non-hydrogen) atoms. The Kier molecular flexibility index (Phi) is 13.1. The molecule has 4 nitrogen and oxygen atoms in total. The van der Waals surface area contributed by atoms with Gasteiger partial charge in [0.2, 0.25) is 0 Å². The van der Waals surface area contributed by atoms with Gasteiger partial charge in [-0.1, -0.05) is 78.9 Å². The van der Waals surface area contributed by atoms with Crippen LogP contribution in [0.1, 0.15) is 58.3 Å². The van der Waals surface area contributed by atoms with Crippen molar-refractivity contribution in [1.82, 2.24) is 9.80 Å². The number of fused-ring (bicyclic) bond motifs is 1. The molecule has 0 aliphatic carbocycles. The lowest BCUT2D eigenvalue weighted by Crippen LogP contribution is -2.33. The number of ether oxygens (including phenoxy) is 1. The first kappa shape index (κ1) is 34.7. The zero-order valence-electron chi connectivity index (χ0n) is 26.3. The van der Waals surface area contributed by atoms with Crippen LogP contribution in [0.5, 0.6) is 5.75 Å². The fourth-order valence-electron chi connectivity index (χ4n) is 6.70. The number of methoxy groups -OCH3 is 1. The first-order chi connectivity index (χ1) is 21.1. The van der Waals surface area contributed by atoms with E-state index in [9.17, 15) is 4.79 Å². The van der Waals surface area contributed by atoms with Gasteiger partial charge in [0.1, 0.15) is 5.75 Å². The van der Waals surface area contributed by atoms with E-state index in [0.717, 1.165) is 69.8 Å². The van der Waals surface area contributed by atoms with Crippen LogP contribution in [0.2, 0.25) is 0 Å². The van der Waals surface area contributed by atoms with E-state index in [1.165, 1.54) is 46.2 Å². The van der Waals surface area contributed by atoms with Crippen LogP contribution in [-0.2, 0) is 25.9 Å². The molecule has 0 saturated carbocycles. The van der Waals surface area contributed by atoms with E-state index in [0.29, 0.717) is 18.1 Å². The number of benzene rings is 4. The van der Waals surface area contributed by atoms with Crippen LogP contribution >= 0.6 is 24.8 Å². The zero-order chi connectivity index (χ0) is 29.4. The molecule has 0 atom stereocenters. The SMILES string of the molecule is COc1ccc(CN2CCc3ccc(C(=O)CCC4CCN(Cc5ccc(-c6ccccc6)cc5)CC4)cc3CC2)cc1.Cl.Cl. The smallest absolute Gasteiger partial charge is 0.162 e. The number of halogens is 2. The van der Waals surface area contributed by atoms with Crippen LogP contribution in [0.15, 0.2) is 97.1 Å². The normalized spacial score (nSPS) is 15.7. The molecule has 238 valence electrons. The van der Waals surface area contributed by atoms with E-state index in [4.69, 9.17) is 4.74 Å². The Bertz CT molecular complexity index is 1480. The lowest BCUT2D eigenvalue weighted by Gasteiger charge is -2.32. The lowest BCUT2D eigenvalue weighted by molar-refractivity contribution is 0.0961. The van der Waals surface area contributed by atoms with E-state index in [-0.39, 0.29) is 24.8 Å². The second-order valence-electron chi connectivity index (χ2n) is 12.4. The van der Waals surface area contributed by atoms with Crippen LogP contribution in [0.4, 0.5) is 0 Å². The van der Waals surface area contributed by atoms with Crippen molar-refractivity contribution in [3.63, 3.8) is 0 Å². The van der Waals surface area contributed by atoms with Gasteiger partial charge in [-0.2, -0.15) is 0 Å². The molecule has 0 amide bonds. The van der Waals surface area contributed by atoms with Crippen molar-refractivity contribution in [2.45, 2.75) is 51.6 Å². The number of carbonyl (C=O) groups excluding carboxylic acids is 1. The number of piperidine rings is 1. The molecule has 0 unspecified atom stereocenters. The summed E-state index contributed by atoms with van der Waals surface area (Å²) in [4.78, 5) is 18.3. The Hall–Kier alpha value is -3.15. The summed E-state index contributed by atoms with van der Waals surface area (Å²) in [6.07, 6.45) is 6.07. The number of rotatable bonds is 10. The highest BCUT2D eigenvalue weighted by atomic mass is 35.5. The third-order valence-corrected chi connectivity index (χ3v) is 9.44. The maximum absolute atomic E-state index is 13.2. The van der Waals surface area contributed by atoms with Crippen molar-refractivity contribution in [2.75, 3.05) is 33.3 Å². The van der Waals surface area contributed by atoms with Gasteiger partial charge in [0, 0.05) is 38.2 Å². The fourth-order valence-corrected chi connectivity index (χ4v) is 6.70. The molecule has 0 aromatic heterocycles. The first-order valence-electron chi connectivity index (χ1n) is 16.0. The molecule has 0 spiro atoms. The molecular formula is C39H46Cl2N2O2. The summed E-state index contributed by atoms with van der Waals surface area (Å²) in [5, 5.41) is 0. The molecule has 1 saturated heterocycles. The number of likely N-dealkylation sites (tertiary alicyclic amines) is 1. The summed E-state index contributed by atoms with van der Waals surface area (Å²) in [7, 11) is 1.71. The fraction of sp³-hybridized carbons (Fsp3) is 0.359. The number of ketones is 1. The molecule has 6 rings (SSSR count). The van der Waals surface area contributed by atoms with Crippen molar-refractivity contribution >= 4 is 30.6 Å².